The second-order valence-electron chi connectivity index (χ2n) is 8.71. The maximum Gasteiger partial charge on any atom is 0.323 e. The van der Waals surface area contributed by atoms with Crippen molar-refractivity contribution in [3.63, 3.8) is 0 Å². The van der Waals surface area contributed by atoms with Gasteiger partial charge in [0.1, 0.15) is 24.5 Å². The van der Waals surface area contributed by atoms with Crippen molar-refractivity contribution >= 4 is 11.8 Å². The van der Waals surface area contributed by atoms with Gasteiger partial charge >= 0.3 is 5.97 Å². The molecule has 1 aliphatic rings. The molecule has 1 saturated heterocycles. The predicted molar refractivity (Wildman–Crippen MR) is 130 cm³/mol. The van der Waals surface area contributed by atoms with Gasteiger partial charge in [0.25, 0.3) is 0 Å². The first kappa shape index (κ1) is 25.6. The van der Waals surface area contributed by atoms with Crippen LogP contribution in [0.15, 0.2) is 42.5 Å². The topological polar surface area (TPSA) is 74.3 Å². The molecule has 34 heavy (non-hydrogen) atoms. The van der Waals surface area contributed by atoms with E-state index < -0.39 is 6.10 Å². The Hall–Kier alpha value is -3.06. The van der Waals surface area contributed by atoms with Gasteiger partial charge in [0.2, 0.25) is 0 Å². The van der Waals surface area contributed by atoms with Gasteiger partial charge in [-0.15, -0.1) is 0 Å². The summed E-state index contributed by atoms with van der Waals surface area (Å²) < 4.78 is 22.4. The maximum atomic E-state index is 13.1. The Balaban J connectivity index is 1.79. The number of hydrogen-bond donors (Lipinski definition) is 0. The minimum absolute atomic E-state index is 0.00637. The summed E-state index contributed by atoms with van der Waals surface area (Å²) in [5.41, 5.74) is 1.89. The van der Waals surface area contributed by atoms with Gasteiger partial charge in [-0.2, -0.15) is 0 Å². The van der Waals surface area contributed by atoms with E-state index in [1.807, 2.05) is 43.4 Å². The molecule has 0 bridgehead atoms. The van der Waals surface area contributed by atoms with E-state index in [9.17, 15) is 9.59 Å². The van der Waals surface area contributed by atoms with Crippen molar-refractivity contribution in [1.82, 2.24) is 4.90 Å². The Kier molecular flexibility index (Phi) is 9.33. The van der Waals surface area contributed by atoms with E-state index in [4.69, 9.17) is 18.9 Å². The number of likely N-dealkylation sites (N-methyl/N-ethyl adjacent to an activating group) is 1. The molecule has 1 heterocycles. The highest BCUT2D eigenvalue weighted by Gasteiger charge is 2.30. The molecule has 184 valence electrons. The van der Waals surface area contributed by atoms with Gasteiger partial charge in [-0.1, -0.05) is 24.6 Å². The third kappa shape index (κ3) is 6.97. The van der Waals surface area contributed by atoms with Crippen LogP contribution in [0.25, 0.3) is 0 Å². The summed E-state index contributed by atoms with van der Waals surface area (Å²) in [4.78, 5) is 26.5. The van der Waals surface area contributed by atoms with E-state index in [-0.39, 0.29) is 24.4 Å². The zero-order valence-electron chi connectivity index (χ0n) is 20.5. The first-order valence-electron chi connectivity index (χ1n) is 11.7. The summed E-state index contributed by atoms with van der Waals surface area (Å²) in [6.07, 6.45) is 3.75. The van der Waals surface area contributed by atoms with Gasteiger partial charge < -0.3 is 18.9 Å². The molecule has 0 amide bonds. The number of nitrogens with zero attached hydrogens (tertiary/aromatic N) is 1. The van der Waals surface area contributed by atoms with E-state index in [2.05, 4.69) is 4.90 Å². The minimum Gasteiger partial charge on any atom is -0.493 e. The molecule has 1 fully saturated rings. The van der Waals surface area contributed by atoms with Gasteiger partial charge in [0, 0.05) is 0 Å². The smallest absolute Gasteiger partial charge is 0.323 e. The predicted octanol–water partition coefficient (Wildman–Crippen LogP) is 4.37. The lowest BCUT2D eigenvalue weighted by Gasteiger charge is -2.32. The number of likely N-dealkylation sites (tertiary alicyclic amines) is 1. The van der Waals surface area contributed by atoms with E-state index in [1.54, 1.807) is 20.3 Å². The standard InChI is InChI=1S/C27H35NO6/c1-19(29)18-33-22-9-7-8-21(17-22)24(34-27(30)23-10-5-6-15-28(23)2)13-11-20-12-14-25(31-3)26(16-20)32-4/h7-9,12,14,16-17,23-24H,5-6,10-11,13,15,18H2,1-4H3/t23-,24?/m0/s1. The number of carbonyl (C=O) groups excluding carboxylic acids is 2. The van der Waals surface area contributed by atoms with E-state index in [1.165, 1.54) is 6.92 Å². The summed E-state index contributed by atoms with van der Waals surface area (Å²) in [5, 5.41) is 0. The number of hydrogen-bond acceptors (Lipinski definition) is 7. The Labute approximate surface area is 201 Å². The molecule has 3 rings (SSSR count). The Morgan fingerprint density at radius 2 is 1.85 bits per heavy atom. The zero-order chi connectivity index (χ0) is 24.5. The van der Waals surface area contributed by atoms with Crippen LogP contribution in [-0.4, -0.2) is 57.1 Å². The van der Waals surface area contributed by atoms with Crippen molar-refractivity contribution in [3.05, 3.63) is 53.6 Å². The average molecular weight is 470 g/mol. The normalized spacial score (nSPS) is 17.0. The van der Waals surface area contributed by atoms with Crippen molar-refractivity contribution in [1.29, 1.82) is 0 Å². The number of carbonyl (C=O) groups is 2. The molecular formula is C27H35NO6. The molecule has 0 N–H and O–H groups in total. The highest BCUT2D eigenvalue weighted by atomic mass is 16.5. The van der Waals surface area contributed by atoms with Crippen LogP contribution in [0.3, 0.4) is 0 Å². The zero-order valence-corrected chi connectivity index (χ0v) is 20.5. The summed E-state index contributed by atoms with van der Waals surface area (Å²) in [7, 11) is 5.19. The highest BCUT2D eigenvalue weighted by molar-refractivity contribution is 5.77. The van der Waals surface area contributed by atoms with Gasteiger partial charge in [0.15, 0.2) is 17.3 Å². The summed E-state index contributed by atoms with van der Waals surface area (Å²) in [5.74, 6) is 1.66. The third-order valence-electron chi connectivity index (χ3n) is 6.12. The van der Waals surface area contributed by atoms with E-state index in [0.717, 1.165) is 36.9 Å². The average Bonchev–Trinajstić information content (AvgIpc) is 2.85. The monoisotopic (exact) mass is 469 g/mol. The maximum absolute atomic E-state index is 13.1. The molecule has 7 nitrogen and oxygen atoms in total. The van der Waals surface area contributed by atoms with Crippen LogP contribution in [0.2, 0.25) is 0 Å². The Morgan fingerprint density at radius 3 is 2.56 bits per heavy atom. The molecule has 0 aromatic heterocycles. The van der Waals surface area contributed by atoms with Gasteiger partial charge in [0.05, 0.1) is 14.2 Å². The number of methoxy groups -OCH3 is 2. The summed E-state index contributed by atoms with van der Waals surface area (Å²) in [6.45, 7) is 2.38. The Bertz CT molecular complexity index is 975. The van der Waals surface area contributed by atoms with Crippen LogP contribution in [0, 0.1) is 0 Å². The number of rotatable bonds is 11. The van der Waals surface area contributed by atoms with E-state index in [0.29, 0.717) is 30.1 Å². The first-order chi connectivity index (χ1) is 16.4. The van der Waals surface area contributed by atoms with Crippen molar-refractivity contribution in [2.24, 2.45) is 0 Å². The lowest BCUT2D eigenvalue weighted by molar-refractivity contribution is -0.157. The molecule has 2 aromatic rings. The van der Waals surface area contributed by atoms with Crippen LogP contribution in [-0.2, 0) is 20.7 Å². The first-order valence-corrected chi connectivity index (χ1v) is 11.7. The quantitative estimate of drug-likeness (QED) is 0.452. The number of ether oxygens (including phenoxy) is 4. The molecule has 7 heteroatoms. The SMILES string of the molecule is COc1ccc(CCC(OC(=O)[C@@H]2CCCCN2C)c2cccc(OCC(C)=O)c2)cc1OC. The molecule has 2 atom stereocenters. The number of aryl methyl sites for hydroxylation is 1. The second kappa shape index (κ2) is 12.4. The van der Waals surface area contributed by atoms with Gasteiger partial charge in [-0.05, 0) is 81.6 Å². The minimum atomic E-state index is -0.447. The molecule has 0 radical (unpaired) electrons. The largest absolute Gasteiger partial charge is 0.493 e. The van der Waals surface area contributed by atoms with Gasteiger partial charge in [-0.3, -0.25) is 14.5 Å². The van der Waals surface area contributed by atoms with Crippen LogP contribution in [0.5, 0.6) is 17.2 Å². The van der Waals surface area contributed by atoms with Crippen molar-refractivity contribution in [2.75, 3.05) is 34.4 Å². The number of piperidine rings is 1. The van der Waals surface area contributed by atoms with Crippen LogP contribution >= 0.6 is 0 Å². The van der Waals surface area contributed by atoms with Crippen LogP contribution in [0.4, 0.5) is 0 Å². The summed E-state index contributed by atoms with van der Waals surface area (Å²) >= 11 is 0. The fraction of sp³-hybridized carbons (Fsp3) is 0.481. The molecular weight excluding hydrogens is 434 g/mol. The van der Waals surface area contributed by atoms with E-state index >= 15 is 0 Å². The second-order valence-corrected chi connectivity index (χ2v) is 8.71. The van der Waals surface area contributed by atoms with Crippen molar-refractivity contribution in [3.8, 4) is 17.2 Å². The number of ketones is 1. The van der Waals surface area contributed by atoms with Gasteiger partial charge in [-0.25, -0.2) is 0 Å². The third-order valence-corrected chi connectivity index (χ3v) is 6.12. The number of Topliss-reactive ketones (excluding diaryl/α,β-unsaturated/α-hetero) is 1. The molecule has 0 saturated carbocycles. The molecule has 1 unspecified atom stereocenters. The molecule has 1 aliphatic heterocycles. The van der Waals surface area contributed by atoms with Crippen molar-refractivity contribution in [2.45, 2.75) is 51.2 Å². The fourth-order valence-electron chi connectivity index (χ4n) is 4.21. The molecule has 2 aromatic carbocycles. The molecule has 0 aliphatic carbocycles. The lowest BCUT2D eigenvalue weighted by atomic mass is 9.99. The van der Waals surface area contributed by atoms with Crippen molar-refractivity contribution < 1.29 is 28.5 Å². The highest BCUT2D eigenvalue weighted by Crippen LogP contribution is 2.31. The number of benzene rings is 2. The number of esters is 1. The van der Waals surface area contributed by atoms with Crippen LogP contribution in [0.1, 0.15) is 49.8 Å². The van der Waals surface area contributed by atoms with Crippen LogP contribution < -0.4 is 14.2 Å². The molecule has 0 spiro atoms. The lowest BCUT2D eigenvalue weighted by Crippen LogP contribution is -2.43. The summed E-state index contributed by atoms with van der Waals surface area (Å²) in [6, 6.07) is 13.0. The fourth-order valence-corrected chi connectivity index (χ4v) is 4.21. The Morgan fingerprint density at radius 1 is 1.06 bits per heavy atom.